The molecule has 3 aromatic rings. The number of benzene rings is 3. The summed E-state index contributed by atoms with van der Waals surface area (Å²) in [5, 5.41) is 11.3. The molecule has 4 rings (SSSR count). The fraction of sp³-hybridized carbons (Fsp3) is 0.200. The van der Waals surface area contributed by atoms with E-state index in [0.29, 0.717) is 6.07 Å². The second-order valence-corrected chi connectivity index (χ2v) is 7.93. The molecule has 0 fully saturated rings. The molecule has 1 aliphatic heterocycles. The Balaban J connectivity index is 2.12. The predicted molar refractivity (Wildman–Crippen MR) is 103 cm³/mol. The summed E-state index contributed by atoms with van der Waals surface area (Å²) in [6, 6.07) is 3.35. The zero-order chi connectivity index (χ0) is 25.0. The molecular formula is C20H10F6N2O5S. The van der Waals surface area contributed by atoms with Gasteiger partial charge in [0.1, 0.15) is 11.6 Å². The molecular weight excluding hydrogens is 494 g/mol. The molecule has 0 saturated carbocycles. The van der Waals surface area contributed by atoms with Crippen LogP contribution < -0.4 is 4.74 Å². The normalized spacial score (nSPS) is 19.9. The van der Waals surface area contributed by atoms with Gasteiger partial charge in [-0.1, -0.05) is 24.3 Å². The van der Waals surface area contributed by atoms with Crippen LogP contribution in [0.5, 0.6) is 5.75 Å². The molecule has 0 radical (unpaired) electrons. The van der Waals surface area contributed by atoms with Gasteiger partial charge in [0.05, 0.1) is 17.5 Å². The highest BCUT2D eigenvalue weighted by Gasteiger charge is 2.57. The van der Waals surface area contributed by atoms with E-state index in [9.17, 15) is 44.9 Å². The topological polar surface area (TPSA) is 98.9 Å². The molecule has 1 aliphatic rings. The quantitative estimate of drug-likeness (QED) is 0.222. The molecule has 7 nitrogen and oxygen atoms in total. The summed E-state index contributed by atoms with van der Waals surface area (Å²) in [7, 11) is -3.51. The van der Waals surface area contributed by atoms with Crippen LogP contribution in [0.3, 0.4) is 0 Å². The summed E-state index contributed by atoms with van der Waals surface area (Å²) in [5.41, 5.74) is -5.67. The van der Waals surface area contributed by atoms with Gasteiger partial charge in [-0.25, -0.2) is 13.2 Å². The molecule has 14 heteroatoms. The molecule has 34 heavy (non-hydrogen) atoms. The lowest BCUT2D eigenvalue weighted by Crippen LogP contribution is -2.52. The van der Waals surface area contributed by atoms with Crippen LogP contribution in [0.2, 0.25) is 0 Å². The third-order valence-electron chi connectivity index (χ3n) is 5.36. The van der Waals surface area contributed by atoms with Crippen molar-refractivity contribution in [3.8, 4) is 5.75 Å². The molecule has 0 amide bonds. The highest BCUT2D eigenvalue weighted by Crippen LogP contribution is 2.49. The lowest BCUT2D eigenvalue weighted by atomic mass is 9.85. The maximum atomic E-state index is 14.7. The molecule has 178 valence electrons. The summed E-state index contributed by atoms with van der Waals surface area (Å²) in [6.07, 6.45) is -5.75. The van der Waals surface area contributed by atoms with E-state index in [1.807, 2.05) is 0 Å². The molecule has 0 aliphatic carbocycles. The number of nitro groups is 1. The largest absolute Gasteiger partial charge is 0.453 e. The SMILES string of the molecule is O=[N+]([O-])C1Cc2cc(C(F)(F)F)c3ccccc3c2OC1(N=S(=O)=O)c1cc(F)c(F)cc1F. The van der Waals surface area contributed by atoms with E-state index < -0.39 is 79.5 Å². The minimum absolute atomic E-state index is 0.0242. The van der Waals surface area contributed by atoms with Crippen LogP contribution in [0.25, 0.3) is 10.8 Å². The first-order valence-electron chi connectivity index (χ1n) is 9.26. The van der Waals surface area contributed by atoms with Gasteiger partial charge in [-0.05, 0) is 17.5 Å². The van der Waals surface area contributed by atoms with Crippen molar-refractivity contribution in [3.63, 3.8) is 0 Å². The van der Waals surface area contributed by atoms with Crippen molar-refractivity contribution in [2.45, 2.75) is 24.4 Å². The summed E-state index contributed by atoms with van der Waals surface area (Å²) < 4.78 is 115. The van der Waals surface area contributed by atoms with Gasteiger partial charge in [0.15, 0.2) is 11.6 Å². The van der Waals surface area contributed by atoms with Crippen molar-refractivity contribution in [1.82, 2.24) is 0 Å². The van der Waals surface area contributed by atoms with Gasteiger partial charge in [0, 0.05) is 21.9 Å². The van der Waals surface area contributed by atoms with Crippen LogP contribution in [0.1, 0.15) is 16.7 Å². The highest BCUT2D eigenvalue weighted by molar-refractivity contribution is 7.61. The van der Waals surface area contributed by atoms with Crippen LogP contribution >= 0.6 is 0 Å². The van der Waals surface area contributed by atoms with Gasteiger partial charge < -0.3 is 4.74 Å². The maximum Gasteiger partial charge on any atom is 0.417 e. The summed E-state index contributed by atoms with van der Waals surface area (Å²) >= 11 is 0. The van der Waals surface area contributed by atoms with Gasteiger partial charge in [0.2, 0.25) is 0 Å². The second kappa shape index (κ2) is 7.97. The maximum absolute atomic E-state index is 14.7. The summed E-state index contributed by atoms with van der Waals surface area (Å²) in [6.45, 7) is 0. The molecule has 0 spiro atoms. The molecule has 2 unspecified atom stereocenters. The summed E-state index contributed by atoms with van der Waals surface area (Å²) in [4.78, 5) is 10.8. The first kappa shape index (κ1) is 23.5. The number of hydrogen-bond acceptors (Lipinski definition) is 6. The molecule has 0 N–H and O–H groups in total. The number of alkyl halides is 3. The first-order valence-corrected chi connectivity index (χ1v) is 10.3. The monoisotopic (exact) mass is 504 g/mol. The first-order chi connectivity index (χ1) is 15.8. The number of nitrogens with zero attached hydrogens (tertiary/aromatic N) is 2. The Bertz CT molecular complexity index is 1480. The zero-order valence-electron chi connectivity index (χ0n) is 16.4. The van der Waals surface area contributed by atoms with E-state index in [1.165, 1.54) is 18.2 Å². The average molecular weight is 504 g/mol. The molecule has 1 heterocycles. The van der Waals surface area contributed by atoms with E-state index in [0.717, 1.165) is 6.07 Å². The van der Waals surface area contributed by atoms with E-state index in [2.05, 4.69) is 4.36 Å². The van der Waals surface area contributed by atoms with Crippen molar-refractivity contribution in [2.24, 2.45) is 4.36 Å². The van der Waals surface area contributed by atoms with Gasteiger partial charge in [0.25, 0.3) is 6.04 Å². The van der Waals surface area contributed by atoms with Crippen LogP contribution in [0.15, 0.2) is 46.8 Å². The molecule has 0 bridgehead atoms. The number of rotatable bonds is 3. The van der Waals surface area contributed by atoms with Crippen molar-refractivity contribution in [1.29, 1.82) is 0 Å². The Hall–Kier alpha value is -3.68. The fourth-order valence-corrected chi connectivity index (χ4v) is 4.45. The van der Waals surface area contributed by atoms with E-state index in [4.69, 9.17) is 4.74 Å². The van der Waals surface area contributed by atoms with Gasteiger partial charge in [-0.2, -0.15) is 21.6 Å². The number of fused-ring (bicyclic) bond motifs is 3. The zero-order valence-corrected chi connectivity index (χ0v) is 17.3. The predicted octanol–water partition coefficient (Wildman–Crippen LogP) is 4.77. The van der Waals surface area contributed by atoms with Crippen LogP contribution in [-0.2, 0) is 28.8 Å². The van der Waals surface area contributed by atoms with Crippen molar-refractivity contribution < 1.29 is 44.4 Å². The Labute approximate surface area is 187 Å². The smallest absolute Gasteiger partial charge is 0.417 e. The minimum Gasteiger partial charge on any atom is -0.453 e. The minimum atomic E-state index is -4.86. The number of halogens is 6. The van der Waals surface area contributed by atoms with Crippen LogP contribution in [0, 0.1) is 27.6 Å². The van der Waals surface area contributed by atoms with Crippen molar-refractivity contribution in [3.05, 3.63) is 86.7 Å². The lowest BCUT2D eigenvalue weighted by Gasteiger charge is -2.37. The van der Waals surface area contributed by atoms with Crippen molar-refractivity contribution >= 4 is 21.3 Å². The van der Waals surface area contributed by atoms with Crippen LogP contribution in [0.4, 0.5) is 26.3 Å². The third kappa shape index (κ3) is 3.73. The molecule has 0 saturated heterocycles. The highest BCUT2D eigenvalue weighted by atomic mass is 32.2. The van der Waals surface area contributed by atoms with E-state index in [1.54, 1.807) is 0 Å². The number of hydrogen-bond donors (Lipinski definition) is 0. The standard InChI is InChI=1S/C20H10F6N2O5S/c21-14-8-16(23)15(22)7-13(14)19(27-34(31)32)17(28(29)30)6-9-5-12(20(24,25)26)10-3-1-2-4-11(10)18(9)33-19/h1-5,7-8,17H,6H2. The molecule has 2 atom stereocenters. The summed E-state index contributed by atoms with van der Waals surface area (Å²) in [5.74, 6) is -5.41. The van der Waals surface area contributed by atoms with E-state index in [-0.39, 0.29) is 23.1 Å². The van der Waals surface area contributed by atoms with Crippen LogP contribution in [-0.4, -0.2) is 19.4 Å². The molecule has 0 aromatic heterocycles. The fourth-order valence-electron chi connectivity index (χ4n) is 3.97. The Morgan fingerprint density at radius 3 is 2.24 bits per heavy atom. The Morgan fingerprint density at radius 2 is 1.65 bits per heavy atom. The van der Waals surface area contributed by atoms with Crippen molar-refractivity contribution in [2.75, 3.05) is 0 Å². The number of ether oxygens (including phenoxy) is 1. The molecule has 3 aromatic carbocycles. The third-order valence-corrected chi connectivity index (χ3v) is 5.78. The second-order valence-electron chi connectivity index (χ2n) is 7.31. The van der Waals surface area contributed by atoms with Gasteiger partial charge >= 0.3 is 22.4 Å². The average Bonchev–Trinajstić information content (AvgIpc) is 2.74. The van der Waals surface area contributed by atoms with E-state index >= 15 is 0 Å². The Kier molecular flexibility index (Phi) is 5.50. The Morgan fingerprint density at radius 1 is 1.03 bits per heavy atom. The van der Waals surface area contributed by atoms with Gasteiger partial charge in [-0.3, -0.25) is 10.1 Å². The van der Waals surface area contributed by atoms with Gasteiger partial charge in [-0.15, -0.1) is 4.36 Å². The lowest BCUT2D eigenvalue weighted by molar-refractivity contribution is -0.547.